The predicted octanol–water partition coefficient (Wildman–Crippen LogP) is 0.540. The zero-order chi connectivity index (χ0) is 31.4. The van der Waals surface area contributed by atoms with E-state index >= 15 is 0 Å². The lowest BCUT2D eigenvalue weighted by Crippen LogP contribution is -2.38. The lowest BCUT2D eigenvalue weighted by molar-refractivity contribution is -0.853. The minimum atomic E-state index is -1.06. The van der Waals surface area contributed by atoms with Gasteiger partial charge in [0.1, 0.15) is 18.7 Å². The van der Waals surface area contributed by atoms with Crippen LogP contribution in [0, 0.1) is 5.41 Å². The molecule has 43 heavy (non-hydrogen) atoms. The normalized spacial score (nSPS) is 14.6. The number of aliphatic hydroxyl groups excluding tert-OH is 1. The van der Waals surface area contributed by atoms with Crippen LogP contribution in [0.5, 0.6) is 0 Å². The summed E-state index contributed by atoms with van der Waals surface area (Å²) in [5, 5.41) is 44.9. The predicted molar refractivity (Wildman–Crippen MR) is 130 cm³/mol. The molecule has 1 N–H and O–H groups in total. The van der Waals surface area contributed by atoms with Crippen LogP contribution < -0.4 is 0 Å². The van der Waals surface area contributed by atoms with Gasteiger partial charge in [0.15, 0.2) is 6.26 Å². The summed E-state index contributed by atoms with van der Waals surface area (Å²) in [5.41, 5.74) is -1.06. The van der Waals surface area contributed by atoms with E-state index in [1.807, 2.05) is 0 Å². The van der Waals surface area contributed by atoms with Crippen LogP contribution in [0.1, 0.15) is 32.1 Å². The maximum atomic E-state index is 12.7. The van der Waals surface area contributed by atoms with E-state index in [9.17, 15) is 19.5 Å². The molecule has 1 heterocycles. The molecule has 1 aliphatic rings. The molecule has 0 aromatic carbocycles. The molecule has 1 unspecified atom stereocenters. The Hall–Kier alpha value is -2.67. The van der Waals surface area contributed by atoms with E-state index in [0.717, 1.165) is 17.4 Å². The van der Waals surface area contributed by atoms with Gasteiger partial charge in [-0.2, -0.15) is 0 Å². The van der Waals surface area contributed by atoms with Gasteiger partial charge in [-0.1, -0.05) is 6.42 Å². The van der Waals surface area contributed by atoms with E-state index in [0.29, 0.717) is 25.9 Å². The standard InChI is InChI=1S/C23H37NO19/c1-29-10-12-31-18-23(17-25,16-20(26)6-4-3-5-9-24-21(27)7-8-22(24)28)19-32-13-15-34-36-38-40-42-43-41-39-37-35-33-14-11-30-2/h7-8,13,15,25H,3-6,9-12,14,16-19H2,1-2H3/b15-13-. The van der Waals surface area contributed by atoms with Crippen LogP contribution in [-0.4, -0.2) is 94.6 Å². The molecule has 1 rings (SSSR count). The number of imide groups is 1. The number of carbonyl (C=O) groups is 3. The Morgan fingerprint density at radius 1 is 0.791 bits per heavy atom. The van der Waals surface area contributed by atoms with Crippen LogP contribution in [-0.2, 0) is 88.5 Å². The van der Waals surface area contributed by atoms with Crippen molar-refractivity contribution in [2.75, 3.05) is 67.0 Å². The lowest BCUT2D eigenvalue weighted by atomic mass is 9.84. The van der Waals surface area contributed by atoms with Crippen molar-refractivity contribution in [2.24, 2.45) is 5.41 Å². The first-order chi connectivity index (χ1) is 21.0. The van der Waals surface area contributed by atoms with E-state index in [4.69, 9.17) is 14.2 Å². The second-order valence-electron chi connectivity index (χ2n) is 8.50. The van der Waals surface area contributed by atoms with E-state index < -0.39 is 12.0 Å². The van der Waals surface area contributed by atoms with Crippen LogP contribution in [0.25, 0.3) is 0 Å². The van der Waals surface area contributed by atoms with Crippen molar-refractivity contribution < 1.29 is 93.6 Å². The molecule has 0 radical (unpaired) electrons. The Bertz CT molecular complexity index is 793. The van der Waals surface area contributed by atoms with Crippen LogP contribution in [0.15, 0.2) is 24.7 Å². The molecule has 20 heteroatoms. The van der Waals surface area contributed by atoms with Gasteiger partial charge in [0.05, 0.1) is 45.1 Å². The Labute approximate surface area is 245 Å². The molecule has 0 aliphatic carbocycles. The van der Waals surface area contributed by atoms with Gasteiger partial charge in [-0.3, -0.25) is 19.3 Å². The molecule has 1 aliphatic heterocycles. The SMILES string of the molecule is COCCOCC(CO)(CO/C=C\OOOOOOOOOOOCCOC)CC(=O)CCCCCN1C(=O)C=CC1=O. The van der Waals surface area contributed by atoms with Gasteiger partial charge in [0.2, 0.25) is 0 Å². The third kappa shape index (κ3) is 19.3. The number of ether oxygens (including phenoxy) is 4. The minimum Gasteiger partial charge on any atom is -0.497 e. The fraction of sp³-hybridized carbons (Fsp3) is 0.696. The molecular weight excluding hydrogens is 594 g/mol. The quantitative estimate of drug-likeness (QED) is 0.0363. The smallest absolute Gasteiger partial charge is 0.253 e. The number of hydrogen-bond donors (Lipinski definition) is 1. The van der Waals surface area contributed by atoms with Crippen LogP contribution in [0.3, 0.4) is 0 Å². The maximum absolute atomic E-state index is 12.7. The second-order valence-corrected chi connectivity index (χ2v) is 8.50. The number of amides is 2. The molecule has 0 aromatic rings. The molecular formula is C23H37NO19. The summed E-state index contributed by atoms with van der Waals surface area (Å²) >= 11 is 0. The van der Waals surface area contributed by atoms with E-state index in [1.54, 1.807) is 0 Å². The highest BCUT2D eigenvalue weighted by molar-refractivity contribution is 6.12. The molecule has 2 amide bonds. The van der Waals surface area contributed by atoms with Crippen molar-refractivity contribution in [1.29, 1.82) is 0 Å². The van der Waals surface area contributed by atoms with Gasteiger partial charge in [-0.05, 0) is 33.0 Å². The first kappa shape index (κ1) is 38.4. The monoisotopic (exact) mass is 631 g/mol. The zero-order valence-corrected chi connectivity index (χ0v) is 23.7. The summed E-state index contributed by atoms with van der Waals surface area (Å²) < 4.78 is 20.5. The Balaban J connectivity index is 2.24. The minimum absolute atomic E-state index is 0.00800. The Kier molecular flexibility index (Phi) is 23.0. The number of nitrogens with zero attached hydrogens (tertiary/aromatic N) is 1. The van der Waals surface area contributed by atoms with Gasteiger partial charge < -0.3 is 28.9 Å². The zero-order valence-electron chi connectivity index (χ0n) is 23.7. The van der Waals surface area contributed by atoms with Crippen LogP contribution in [0.4, 0.5) is 0 Å². The molecule has 20 nitrogen and oxygen atoms in total. The number of rotatable bonds is 31. The van der Waals surface area contributed by atoms with E-state index in [1.165, 1.54) is 26.4 Å². The number of aliphatic hydroxyl groups is 1. The van der Waals surface area contributed by atoms with Crippen molar-refractivity contribution in [2.45, 2.75) is 32.1 Å². The number of hydrogen-bond acceptors (Lipinski definition) is 19. The molecule has 0 fully saturated rings. The first-order valence-electron chi connectivity index (χ1n) is 12.7. The van der Waals surface area contributed by atoms with Crippen molar-refractivity contribution in [3.05, 3.63) is 24.7 Å². The summed E-state index contributed by atoms with van der Waals surface area (Å²) in [5.74, 6) is -0.800. The molecule has 0 saturated carbocycles. The Morgan fingerprint density at radius 2 is 1.42 bits per heavy atom. The topological polar surface area (TPSA) is 213 Å². The van der Waals surface area contributed by atoms with E-state index in [-0.39, 0.29) is 70.0 Å². The summed E-state index contributed by atoms with van der Waals surface area (Å²) in [4.78, 5) is 45.8. The summed E-state index contributed by atoms with van der Waals surface area (Å²) in [6.45, 7) is 0.612. The molecule has 1 atom stereocenters. The highest BCUT2D eigenvalue weighted by Gasteiger charge is 2.33. The molecule has 0 aromatic heterocycles. The van der Waals surface area contributed by atoms with Gasteiger partial charge in [0, 0.05) is 70.9 Å². The molecule has 0 bridgehead atoms. The van der Waals surface area contributed by atoms with Crippen LogP contribution >= 0.6 is 0 Å². The Morgan fingerprint density at radius 3 is 2.07 bits per heavy atom. The largest absolute Gasteiger partial charge is 0.497 e. The van der Waals surface area contributed by atoms with Gasteiger partial charge in [0.25, 0.3) is 11.8 Å². The number of methoxy groups -OCH3 is 2. The number of Topliss-reactive ketones (excluding diaryl/α,β-unsaturated/α-hetero) is 1. The van der Waals surface area contributed by atoms with Crippen molar-refractivity contribution in [1.82, 2.24) is 4.90 Å². The third-order valence-corrected chi connectivity index (χ3v) is 5.26. The summed E-state index contributed by atoms with van der Waals surface area (Å²) in [6.07, 6.45) is 6.34. The van der Waals surface area contributed by atoms with Crippen molar-refractivity contribution in [3.63, 3.8) is 0 Å². The highest BCUT2D eigenvalue weighted by Crippen LogP contribution is 2.25. The molecule has 248 valence electrons. The van der Waals surface area contributed by atoms with Crippen molar-refractivity contribution >= 4 is 17.6 Å². The number of ketones is 1. The number of carbonyl (C=O) groups excluding carboxylic acids is 3. The highest BCUT2D eigenvalue weighted by atomic mass is 17.9. The van der Waals surface area contributed by atoms with Gasteiger partial charge in [-0.25, -0.2) is 4.89 Å². The molecule has 0 spiro atoms. The van der Waals surface area contributed by atoms with Gasteiger partial charge >= 0.3 is 0 Å². The van der Waals surface area contributed by atoms with Crippen molar-refractivity contribution in [3.8, 4) is 0 Å². The lowest BCUT2D eigenvalue weighted by Gasteiger charge is -2.30. The summed E-state index contributed by atoms with van der Waals surface area (Å²) in [6, 6.07) is 0. The molecule has 0 saturated heterocycles. The second kappa shape index (κ2) is 25.8. The average Bonchev–Trinajstić information content (AvgIpc) is 3.32. The van der Waals surface area contributed by atoms with E-state index in [2.05, 4.69) is 59.9 Å². The maximum Gasteiger partial charge on any atom is 0.253 e. The van der Waals surface area contributed by atoms with Crippen LogP contribution in [0.2, 0.25) is 0 Å². The first-order valence-corrected chi connectivity index (χ1v) is 12.7. The average molecular weight is 632 g/mol. The fourth-order valence-electron chi connectivity index (χ4n) is 3.22. The fourth-order valence-corrected chi connectivity index (χ4v) is 3.22. The summed E-state index contributed by atoms with van der Waals surface area (Å²) in [7, 11) is 2.96. The number of unbranched alkanes of at least 4 members (excludes halogenated alkanes) is 2. The third-order valence-electron chi connectivity index (χ3n) is 5.26. The van der Waals surface area contributed by atoms with Gasteiger partial charge in [-0.15, -0.1) is 0 Å².